The normalized spacial score (nSPS) is 17.9. The highest BCUT2D eigenvalue weighted by atomic mass is 16.6. The summed E-state index contributed by atoms with van der Waals surface area (Å²) in [7, 11) is 0. The first kappa shape index (κ1) is 20.0. The second-order valence-corrected chi connectivity index (χ2v) is 8.39. The summed E-state index contributed by atoms with van der Waals surface area (Å²) in [6.07, 6.45) is 1.73. The Morgan fingerprint density at radius 1 is 1.23 bits per heavy atom. The fourth-order valence-corrected chi connectivity index (χ4v) is 3.25. The third-order valence-corrected chi connectivity index (χ3v) is 4.85. The Balaban J connectivity index is 1.96. The lowest BCUT2D eigenvalue weighted by Gasteiger charge is -2.40. The Morgan fingerprint density at radius 3 is 2.31 bits per heavy atom. The summed E-state index contributed by atoms with van der Waals surface area (Å²) in [6, 6.07) is 11.2. The number of amides is 1. The molecule has 140 valence electrons. The van der Waals surface area contributed by atoms with E-state index in [1.807, 2.05) is 39.0 Å². The van der Waals surface area contributed by atoms with Crippen molar-refractivity contribution in [3.63, 3.8) is 0 Å². The fourth-order valence-electron chi connectivity index (χ4n) is 3.25. The molecule has 1 aromatic carbocycles. The number of piperidine rings is 1. The molecule has 0 bridgehead atoms. The van der Waals surface area contributed by atoms with Gasteiger partial charge in [0.15, 0.2) is 5.78 Å². The summed E-state index contributed by atoms with van der Waals surface area (Å²) in [6.45, 7) is 8.83. The lowest BCUT2D eigenvalue weighted by atomic mass is 9.72. The van der Waals surface area contributed by atoms with Crippen LogP contribution in [0.5, 0.6) is 0 Å². The van der Waals surface area contributed by atoms with Gasteiger partial charge in [-0.3, -0.25) is 4.79 Å². The van der Waals surface area contributed by atoms with E-state index in [0.717, 1.165) is 12.8 Å². The number of ether oxygens (including phenoxy) is 1. The fraction of sp³-hybridized carbons (Fsp3) is 0.571. The van der Waals surface area contributed by atoms with Crippen LogP contribution in [0.3, 0.4) is 0 Å². The Kier molecular flexibility index (Phi) is 6.07. The van der Waals surface area contributed by atoms with Gasteiger partial charge in [0, 0.05) is 18.7 Å². The number of likely N-dealkylation sites (tertiary alicyclic amines) is 1. The van der Waals surface area contributed by atoms with Gasteiger partial charge in [-0.05, 0) is 45.4 Å². The zero-order valence-electron chi connectivity index (χ0n) is 16.1. The van der Waals surface area contributed by atoms with Crippen molar-refractivity contribution in [2.75, 3.05) is 13.1 Å². The van der Waals surface area contributed by atoms with Crippen LogP contribution in [0, 0.1) is 22.7 Å². The van der Waals surface area contributed by atoms with Crippen LogP contribution >= 0.6 is 0 Å². The van der Waals surface area contributed by atoms with Crippen LogP contribution in [0.15, 0.2) is 30.3 Å². The van der Waals surface area contributed by atoms with E-state index < -0.39 is 11.5 Å². The first-order chi connectivity index (χ1) is 12.1. The van der Waals surface area contributed by atoms with Gasteiger partial charge in [0.25, 0.3) is 0 Å². The maximum absolute atomic E-state index is 12.6. The molecule has 1 amide bonds. The molecule has 0 N–H and O–H groups in total. The van der Waals surface area contributed by atoms with E-state index in [1.54, 1.807) is 17.0 Å². The Morgan fingerprint density at radius 2 is 1.81 bits per heavy atom. The van der Waals surface area contributed by atoms with Gasteiger partial charge in [-0.1, -0.05) is 37.3 Å². The second-order valence-electron chi connectivity index (χ2n) is 8.39. The molecule has 0 saturated carbocycles. The second kappa shape index (κ2) is 7.90. The van der Waals surface area contributed by atoms with Crippen molar-refractivity contribution in [2.45, 2.75) is 52.6 Å². The van der Waals surface area contributed by atoms with Crippen LogP contribution in [0.25, 0.3) is 0 Å². The SMILES string of the molecule is CC1(CC(C#N)C(=O)c2ccccc2)CCN(C(=O)OC(C)(C)C)CC1. The van der Waals surface area contributed by atoms with E-state index in [9.17, 15) is 14.9 Å². The quantitative estimate of drug-likeness (QED) is 0.748. The minimum atomic E-state index is -0.657. The Bertz CT molecular complexity index is 677. The summed E-state index contributed by atoms with van der Waals surface area (Å²) in [4.78, 5) is 26.5. The van der Waals surface area contributed by atoms with Gasteiger partial charge in [0.05, 0.1) is 6.07 Å². The molecule has 0 spiro atoms. The molecule has 1 aromatic rings. The van der Waals surface area contributed by atoms with Crippen LogP contribution in [-0.4, -0.2) is 35.5 Å². The van der Waals surface area contributed by atoms with Crippen LogP contribution in [0.2, 0.25) is 0 Å². The number of carbonyl (C=O) groups excluding carboxylic acids is 2. The molecule has 1 heterocycles. The lowest BCUT2D eigenvalue weighted by Crippen LogP contribution is -2.45. The molecule has 1 saturated heterocycles. The molecule has 1 aliphatic heterocycles. The van der Waals surface area contributed by atoms with E-state index >= 15 is 0 Å². The Labute approximate surface area is 155 Å². The predicted octanol–water partition coefficient (Wildman–Crippen LogP) is 4.44. The predicted molar refractivity (Wildman–Crippen MR) is 99.6 cm³/mol. The van der Waals surface area contributed by atoms with Gasteiger partial charge in [-0.15, -0.1) is 0 Å². The number of hydrogen-bond acceptors (Lipinski definition) is 4. The van der Waals surface area contributed by atoms with Gasteiger partial charge >= 0.3 is 6.09 Å². The van der Waals surface area contributed by atoms with E-state index in [0.29, 0.717) is 25.1 Å². The smallest absolute Gasteiger partial charge is 0.410 e. The topological polar surface area (TPSA) is 70.4 Å². The molecule has 0 radical (unpaired) electrons. The molecule has 1 aliphatic rings. The molecular weight excluding hydrogens is 328 g/mol. The van der Waals surface area contributed by atoms with Crippen LogP contribution in [-0.2, 0) is 4.74 Å². The zero-order valence-corrected chi connectivity index (χ0v) is 16.1. The standard InChI is InChI=1S/C21H28N2O3/c1-20(2,3)26-19(25)23-12-10-21(4,11-13-23)14-17(15-22)18(24)16-8-6-5-7-9-16/h5-9,17H,10-14H2,1-4H3. The number of ketones is 1. The molecule has 2 rings (SSSR count). The first-order valence-electron chi connectivity index (χ1n) is 9.10. The number of nitrogens with zero attached hydrogens (tertiary/aromatic N) is 2. The van der Waals surface area contributed by atoms with Crippen molar-refractivity contribution in [3.8, 4) is 6.07 Å². The van der Waals surface area contributed by atoms with Crippen molar-refractivity contribution in [1.29, 1.82) is 5.26 Å². The summed E-state index contributed by atoms with van der Waals surface area (Å²) in [5, 5.41) is 9.52. The van der Waals surface area contributed by atoms with Gasteiger partial charge in [0.2, 0.25) is 0 Å². The van der Waals surface area contributed by atoms with Crippen LogP contribution < -0.4 is 0 Å². The minimum absolute atomic E-state index is 0.121. The van der Waals surface area contributed by atoms with E-state index in [1.165, 1.54) is 0 Å². The van der Waals surface area contributed by atoms with Crippen LogP contribution in [0.1, 0.15) is 57.3 Å². The summed E-state index contributed by atoms with van der Waals surface area (Å²) in [5.74, 6) is -0.778. The highest BCUT2D eigenvalue weighted by molar-refractivity contribution is 5.99. The lowest BCUT2D eigenvalue weighted by molar-refractivity contribution is 0.00996. The van der Waals surface area contributed by atoms with Crippen molar-refractivity contribution in [1.82, 2.24) is 4.90 Å². The molecule has 1 unspecified atom stereocenters. The maximum atomic E-state index is 12.6. The molecule has 5 heteroatoms. The molecule has 1 atom stereocenters. The third kappa shape index (κ3) is 5.32. The van der Waals surface area contributed by atoms with Crippen molar-refractivity contribution in [2.24, 2.45) is 11.3 Å². The largest absolute Gasteiger partial charge is 0.444 e. The van der Waals surface area contributed by atoms with Gasteiger partial charge in [-0.25, -0.2) is 4.79 Å². The van der Waals surface area contributed by atoms with Crippen LogP contribution in [0.4, 0.5) is 4.79 Å². The number of rotatable bonds is 4. The number of nitriles is 1. The van der Waals surface area contributed by atoms with Gasteiger partial charge in [0.1, 0.15) is 11.5 Å². The number of Topliss-reactive ketones (excluding diaryl/α,β-unsaturated/α-hetero) is 1. The van der Waals surface area contributed by atoms with Crippen molar-refractivity contribution in [3.05, 3.63) is 35.9 Å². The molecule has 0 aromatic heterocycles. The summed E-state index contributed by atoms with van der Waals surface area (Å²) >= 11 is 0. The highest BCUT2D eigenvalue weighted by Gasteiger charge is 2.37. The maximum Gasteiger partial charge on any atom is 0.410 e. The molecular formula is C21H28N2O3. The molecule has 5 nitrogen and oxygen atoms in total. The molecule has 26 heavy (non-hydrogen) atoms. The Hall–Kier alpha value is -2.35. The molecule has 1 fully saturated rings. The number of benzene rings is 1. The molecule has 0 aliphatic carbocycles. The first-order valence-corrected chi connectivity index (χ1v) is 9.10. The number of carbonyl (C=O) groups is 2. The average Bonchev–Trinajstić information content (AvgIpc) is 2.59. The zero-order chi connectivity index (χ0) is 19.4. The van der Waals surface area contributed by atoms with Crippen molar-refractivity contribution >= 4 is 11.9 Å². The third-order valence-electron chi connectivity index (χ3n) is 4.85. The van der Waals surface area contributed by atoms with E-state index in [4.69, 9.17) is 4.74 Å². The van der Waals surface area contributed by atoms with E-state index in [2.05, 4.69) is 13.0 Å². The van der Waals surface area contributed by atoms with Gasteiger partial charge in [-0.2, -0.15) is 5.26 Å². The average molecular weight is 356 g/mol. The summed E-state index contributed by atoms with van der Waals surface area (Å²) in [5.41, 5.74) is -0.0660. The van der Waals surface area contributed by atoms with E-state index in [-0.39, 0.29) is 17.3 Å². The summed E-state index contributed by atoms with van der Waals surface area (Å²) < 4.78 is 5.42. The number of hydrogen-bond donors (Lipinski definition) is 0. The monoisotopic (exact) mass is 356 g/mol. The highest BCUT2D eigenvalue weighted by Crippen LogP contribution is 2.38. The van der Waals surface area contributed by atoms with Crippen molar-refractivity contribution < 1.29 is 14.3 Å². The van der Waals surface area contributed by atoms with Gasteiger partial charge < -0.3 is 9.64 Å². The minimum Gasteiger partial charge on any atom is -0.444 e.